The Kier molecular flexibility index (Phi) is 3.41. The number of nitrogens with zero attached hydrogens (tertiary/aromatic N) is 2. The van der Waals surface area contributed by atoms with Gasteiger partial charge in [-0.1, -0.05) is 0 Å². The van der Waals surface area contributed by atoms with E-state index in [4.69, 9.17) is 5.84 Å². The van der Waals surface area contributed by atoms with Crippen LogP contribution in [0.15, 0.2) is 36.8 Å². The molecule has 17 heavy (non-hydrogen) atoms. The second-order valence-electron chi connectivity index (χ2n) is 3.79. The van der Waals surface area contributed by atoms with E-state index in [1.807, 2.05) is 19.1 Å². The van der Waals surface area contributed by atoms with Crippen LogP contribution in [0.4, 0.5) is 4.39 Å². The maximum absolute atomic E-state index is 13.1. The Morgan fingerprint density at radius 2 is 2.18 bits per heavy atom. The van der Waals surface area contributed by atoms with Crippen LogP contribution in [-0.2, 0) is 0 Å². The van der Waals surface area contributed by atoms with Crippen molar-refractivity contribution in [2.24, 2.45) is 5.84 Å². The van der Waals surface area contributed by atoms with Crippen molar-refractivity contribution in [2.75, 3.05) is 0 Å². The van der Waals surface area contributed by atoms with Gasteiger partial charge in [0.2, 0.25) is 0 Å². The van der Waals surface area contributed by atoms with Crippen molar-refractivity contribution >= 4 is 0 Å². The lowest BCUT2D eigenvalue weighted by atomic mass is 10.0. The van der Waals surface area contributed by atoms with Crippen molar-refractivity contribution in [1.82, 2.24) is 15.4 Å². The quantitative estimate of drug-likeness (QED) is 0.621. The zero-order valence-corrected chi connectivity index (χ0v) is 9.39. The number of nitrogens with one attached hydrogen (secondary N) is 1. The van der Waals surface area contributed by atoms with Crippen molar-refractivity contribution in [3.05, 3.63) is 59.4 Å². The van der Waals surface area contributed by atoms with Gasteiger partial charge in [-0.3, -0.25) is 15.8 Å². The number of aryl methyl sites for hydroxylation is 1. The third-order valence-corrected chi connectivity index (χ3v) is 2.46. The molecule has 5 heteroatoms. The van der Waals surface area contributed by atoms with Gasteiger partial charge in [-0.2, -0.15) is 0 Å². The lowest BCUT2D eigenvalue weighted by molar-refractivity contribution is 0.591. The number of hydrazine groups is 1. The molecule has 0 radical (unpaired) electrons. The summed E-state index contributed by atoms with van der Waals surface area (Å²) >= 11 is 0. The van der Waals surface area contributed by atoms with E-state index in [2.05, 4.69) is 15.4 Å². The monoisotopic (exact) mass is 232 g/mol. The molecule has 0 aliphatic heterocycles. The van der Waals surface area contributed by atoms with Crippen molar-refractivity contribution in [2.45, 2.75) is 13.0 Å². The highest BCUT2D eigenvalue weighted by Gasteiger charge is 2.14. The molecule has 2 heterocycles. The van der Waals surface area contributed by atoms with Gasteiger partial charge in [-0.15, -0.1) is 0 Å². The van der Waals surface area contributed by atoms with E-state index in [1.165, 1.54) is 6.07 Å². The predicted molar refractivity (Wildman–Crippen MR) is 62.3 cm³/mol. The average Bonchev–Trinajstić information content (AvgIpc) is 2.30. The van der Waals surface area contributed by atoms with Crippen LogP contribution in [0.25, 0.3) is 0 Å². The lowest BCUT2D eigenvalue weighted by Crippen LogP contribution is -2.29. The molecule has 1 atom stereocenters. The van der Waals surface area contributed by atoms with E-state index in [0.29, 0.717) is 5.56 Å². The Morgan fingerprint density at radius 3 is 2.82 bits per heavy atom. The summed E-state index contributed by atoms with van der Waals surface area (Å²) in [6, 6.07) is 4.82. The first-order valence-corrected chi connectivity index (χ1v) is 5.20. The molecule has 0 amide bonds. The van der Waals surface area contributed by atoms with Crippen LogP contribution in [0.3, 0.4) is 0 Å². The third kappa shape index (κ3) is 2.64. The van der Waals surface area contributed by atoms with Gasteiger partial charge in [0.25, 0.3) is 0 Å². The molecule has 0 spiro atoms. The van der Waals surface area contributed by atoms with Crippen molar-refractivity contribution in [3.63, 3.8) is 0 Å². The average molecular weight is 232 g/mol. The van der Waals surface area contributed by atoms with Gasteiger partial charge in [-0.05, 0) is 36.2 Å². The Hall–Kier alpha value is -1.85. The second kappa shape index (κ2) is 4.99. The van der Waals surface area contributed by atoms with Crippen molar-refractivity contribution in [3.8, 4) is 0 Å². The number of nitrogens with two attached hydrogens (primary N) is 1. The summed E-state index contributed by atoms with van der Waals surface area (Å²) in [6.45, 7) is 1.96. The van der Waals surface area contributed by atoms with Crippen LogP contribution in [-0.4, -0.2) is 9.97 Å². The molecule has 0 aromatic carbocycles. The van der Waals surface area contributed by atoms with Crippen LogP contribution in [0.2, 0.25) is 0 Å². The summed E-state index contributed by atoms with van der Waals surface area (Å²) in [5, 5.41) is 0. The molecule has 1 unspecified atom stereocenters. The van der Waals surface area contributed by atoms with Crippen LogP contribution in [0.1, 0.15) is 22.9 Å². The summed E-state index contributed by atoms with van der Waals surface area (Å²) in [5.41, 5.74) is 5.07. The van der Waals surface area contributed by atoms with Gasteiger partial charge in [-0.25, -0.2) is 9.82 Å². The summed E-state index contributed by atoms with van der Waals surface area (Å²) < 4.78 is 13.1. The first-order chi connectivity index (χ1) is 8.20. The van der Waals surface area contributed by atoms with Crippen LogP contribution in [0.5, 0.6) is 0 Å². The summed E-state index contributed by atoms with van der Waals surface area (Å²) in [5.74, 6) is 5.10. The van der Waals surface area contributed by atoms with E-state index in [0.717, 1.165) is 17.5 Å². The molecule has 3 N–H and O–H groups in total. The number of rotatable bonds is 3. The third-order valence-electron chi connectivity index (χ3n) is 2.46. The minimum atomic E-state index is -0.393. The molecule has 0 fully saturated rings. The first-order valence-electron chi connectivity index (χ1n) is 5.20. The molecular formula is C12H13FN4. The molecule has 2 rings (SSSR count). The molecule has 2 aromatic heterocycles. The van der Waals surface area contributed by atoms with Crippen LogP contribution >= 0.6 is 0 Å². The van der Waals surface area contributed by atoms with Crippen LogP contribution < -0.4 is 11.3 Å². The molecule has 0 saturated heterocycles. The largest absolute Gasteiger partial charge is 0.271 e. The summed E-state index contributed by atoms with van der Waals surface area (Å²) in [7, 11) is 0. The lowest BCUT2D eigenvalue weighted by Gasteiger charge is -2.15. The van der Waals surface area contributed by atoms with E-state index in [1.54, 1.807) is 12.4 Å². The van der Waals surface area contributed by atoms with Crippen molar-refractivity contribution < 1.29 is 4.39 Å². The van der Waals surface area contributed by atoms with E-state index in [9.17, 15) is 4.39 Å². The Labute approximate surface area is 98.7 Å². The molecular weight excluding hydrogens is 219 g/mol. The minimum absolute atomic E-state index is 0.363. The maximum Gasteiger partial charge on any atom is 0.141 e. The highest BCUT2D eigenvalue weighted by Crippen LogP contribution is 2.19. The smallest absolute Gasteiger partial charge is 0.141 e. The molecule has 0 saturated carbocycles. The van der Waals surface area contributed by atoms with Gasteiger partial charge < -0.3 is 0 Å². The zero-order chi connectivity index (χ0) is 12.3. The number of hydrogen-bond acceptors (Lipinski definition) is 4. The highest BCUT2D eigenvalue weighted by atomic mass is 19.1. The van der Waals surface area contributed by atoms with Gasteiger partial charge in [0, 0.05) is 12.4 Å². The number of aromatic nitrogens is 2. The van der Waals surface area contributed by atoms with Crippen LogP contribution in [0, 0.1) is 12.7 Å². The van der Waals surface area contributed by atoms with Gasteiger partial charge >= 0.3 is 0 Å². The fourth-order valence-electron chi connectivity index (χ4n) is 1.66. The number of halogens is 1. The topological polar surface area (TPSA) is 63.8 Å². The number of pyridine rings is 2. The SMILES string of the molecule is Cc1ccnc(C(NN)c2cncc(F)c2)c1. The minimum Gasteiger partial charge on any atom is -0.271 e. The Bertz CT molecular complexity index is 470. The molecule has 0 bridgehead atoms. The first kappa shape index (κ1) is 11.6. The Balaban J connectivity index is 2.40. The van der Waals surface area contributed by atoms with E-state index in [-0.39, 0.29) is 6.04 Å². The molecule has 2 aromatic rings. The van der Waals surface area contributed by atoms with Crippen molar-refractivity contribution in [1.29, 1.82) is 0 Å². The molecule has 0 aliphatic carbocycles. The predicted octanol–water partition coefficient (Wildman–Crippen LogP) is 1.48. The fraction of sp³-hybridized carbons (Fsp3) is 0.167. The molecule has 88 valence electrons. The summed E-state index contributed by atoms with van der Waals surface area (Å²) in [6.07, 6.45) is 4.42. The standard InChI is InChI=1S/C12H13FN4/c1-8-2-3-16-11(4-8)12(17-14)9-5-10(13)7-15-6-9/h2-7,12,17H,14H2,1H3. The molecule has 4 nitrogen and oxygen atoms in total. The maximum atomic E-state index is 13.1. The van der Waals surface area contributed by atoms with E-state index >= 15 is 0 Å². The van der Waals surface area contributed by atoms with E-state index < -0.39 is 5.82 Å². The van der Waals surface area contributed by atoms with Gasteiger partial charge in [0.05, 0.1) is 17.9 Å². The normalized spacial score (nSPS) is 12.4. The second-order valence-corrected chi connectivity index (χ2v) is 3.79. The van der Waals surface area contributed by atoms with Gasteiger partial charge in [0.15, 0.2) is 0 Å². The highest BCUT2D eigenvalue weighted by molar-refractivity contribution is 5.27. The Morgan fingerprint density at radius 1 is 1.35 bits per heavy atom. The number of hydrogen-bond donors (Lipinski definition) is 2. The fourth-order valence-corrected chi connectivity index (χ4v) is 1.66. The van der Waals surface area contributed by atoms with Gasteiger partial charge in [0.1, 0.15) is 5.82 Å². The summed E-state index contributed by atoms with van der Waals surface area (Å²) in [4.78, 5) is 8.03. The molecule has 0 aliphatic rings. The zero-order valence-electron chi connectivity index (χ0n) is 9.39.